The van der Waals surface area contributed by atoms with Gasteiger partial charge in [0.25, 0.3) is 15.9 Å². The summed E-state index contributed by atoms with van der Waals surface area (Å²) in [7, 11) is -3.85. The number of carbonyl (C=O) groups is 1. The standard InChI is InChI=1S/C19H15ClFN3O3S3/c1-2-9-23-13-6-5-12(21)11-15(13)28-19(23)22-18(25)14-4-3-10-24(14)30(26,27)17-8-7-16(20)29-17/h1,5-8,11,14H,3-4,9-10H2/t14-/m0/s1. The average molecular weight is 484 g/mol. The highest BCUT2D eigenvalue weighted by atomic mass is 35.5. The molecule has 1 fully saturated rings. The van der Waals surface area contributed by atoms with Gasteiger partial charge in [0.2, 0.25) is 0 Å². The molecular formula is C19H15ClFN3O3S3. The summed E-state index contributed by atoms with van der Waals surface area (Å²) in [6, 6.07) is 6.27. The van der Waals surface area contributed by atoms with Crippen molar-refractivity contribution in [2.75, 3.05) is 6.54 Å². The number of carbonyl (C=O) groups excluding carboxylic acids is 1. The summed E-state index contributed by atoms with van der Waals surface area (Å²) in [5.74, 6) is 1.53. The largest absolute Gasteiger partial charge is 0.305 e. The van der Waals surface area contributed by atoms with E-state index in [2.05, 4.69) is 10.9 Å². The number of thiophene rings is 1. The minimum Gasteiger partial charge on any atom is -0.305 e. The molecule has 1 saturated heterocycles. The van der Waals surface area contributed by atoms with E-state index in [1.165, 1.54) is 28.6 Å². The Morgan fingerprint density at radius 2 is 2.13 bits per heavy atom. The van der Waals surface area contributed by atoms with E-state index in [4.69, 9.17) is 18.0 Å². The fraction of sp³-hybridized carbons (Fsp3) is 0.263. The number of sulfonamides is 1. The summed E-state index contributed by atoms with van der Waals surface area (Å²) in [5.41, 5.74) is 0.662. The van der Waals surface area contributed by atoms with Gasteiger partial charge < -0.3 is 4.57 Å². The summed E-state index contributed by atoms with van der Waals surface area (Å²) in [6.07, 6.45) is 6.36. The molecule has 3 aromatic rings. The van der Waals surface area contributed by atoms with Crippen molar-refractivity contribution in [1.82, 2.24) is 8.87 Å². The monoisotopic (exact) mass is 483 g/mol. The van der Waals surface area contributed by atoms with Crippen LogP contribution in [-0.4, -0.2) is 35.8 Å². The lowest BCUT2D eigenvalue weighted by molar-refractivity contribution is -0.121. The molecule has 156 valence electrons. The minimum atomic E-state index is -3.85. The summed E-state index contributed by atoms with van der Waals surface area (Å²) in [4.78, 5) is 17.5. The van der Waals surface area contributed by atoms with Crippen molar-refractivity contribution in [3.8, 4) is 12.3 Å². The summed E-state index contributed by atoms with van der Waals surface area (Å²) in [5, 5.41) is 0. The zero-order valence-electron chi connectivity index (χ0n) is 15.4. The molecule has 4 rings (SSSR count). The Morgan fingerprint density at radius 1 is 1.33 bits per heavy atom. The number of benzene rings is 1. The molecule has 0 N–H and O–H groups in total. The topological polar surface area (TPSA) is 71.7 Å². The first kappa shape index (κ1) is 21.2. The van der Waals surface area contributed by atoms with Gasteiger partial charge in [-0.15, -0.1) is 17.8 Å². The maximum absolute atomic E-state index is 13.6. The van der Waals surface area contributed by atoms with Gasteiger partial charge in [-0.1, -0.05) is 28.9 Å². The van der Waals surface area contributed by atoms with Crippen LogP contribution < -0.4 is 4.80 Å². The van der Waals surface area contributed by atoms with Crippen LogP contribution in [-0.2, 0) is 21.4 Å². The van der Waals surface area contributed by atoms with Crippen molar-refractivity contribution < 1.29 is 17.6 Å². The quantitative estimate of drug-likeness (QED) is 0.533. The molecule has 0 saturated carbocycles. The zero-order valence-corrected chi connectivity index (χ0v) is 18.6. The van der Waals surface area contributed by atoms with Gasteiger partial charge in [0.1, 0.15) is 16.1 Å². The van der Waals surface area contributed by atoms with Gasteiger partial charge in [-0.2, -0.15) is 9.30 Å². The fourth-order valence-corrected chi connectivity index (χ4v) is 7.69. The third-order valence-electron chi connectivity index (χ3n) is 4.70. The highest BCUT2D eigenvalue weighted by Crippen LogP contribution is 2.32. The van der Waals surface area contributed by atoms with Crippen molar-refractivity contribution in [3.05, 3.63) is 45.3 Å². The summed E-state index contributed by atoms with van der Waals surface area (Å²) in [6.45, 7) is 0.379. The van der Waals surface area contributed by atoms with Crippen molar-refractivity contribution in [3.63, 3.8) is 0 Å². The lowest BCUT2D eigenvalue weighted by Crippen LogP contribution is -2.40. The van der Waals surface area contributed by atoms with E-state index >= 15 is 0 Å². The van der Waals surface area contributed by atoms with E-state index in [0.29, 0.717) is 32.2 Å². The molecule has 11 heteroatoms. The Kier molecular flexibility index (Phi) is 5.83. The normalized spacial score (nSPS) is 18.2. The third-order valence-corrected chi connectivity index (χ3v) is 9.35. The van der Waals surface area contributed by atoms with Crippen molar-refractivity contribution in [2.24, 2.45) is 4.99 Å². The number of nitrogens with zero attached hydrogens (tertiary/aromatic N) is 3. The van der Waals surface area contributed by atoms with E-state index in [1.807, 2.05) is 0 Å². The zero-order chi connectivity index (χ0) is 21.5. The van der Waals surface area contributed by atoms with E-state index in [1.54, 1.807) is 10.6 Å². The summed E-state index contributed by atoms with van der Waals surface area (Å²) >= 11 is 7.96. The second-order valence-electron chi connectivity index (χ2n) is 6.57. The molecule has 1 atom stereocenters. The lowest BCUT2D eigenvalue weighted by Gasteiger charge is -2.20. The van der Waals surface area contributed by atoms with Gasteiger partial charge in [-0.3, -0.25) is 4.79 Å². The van der Waals surface area contributed by atoms with Crippen molar-refractivity contribution in [2.45, 2.75) is 29.6 Å². The number of halogens is 2. The molecule has 3 heterocycles. The molecule has 0 bridgehead atoms. The molecule has 2 aromatic heterocycles. The van der Waals surface area contributed by atoms with Crippen LogP contribution in [0, 0.1) is 18.2 Å². The Labute approximate surface area is 185 Å². The molecule has 1 aromatic carbocycles. The Hall–Kier alpha value is -2.03. The number of hydrogen-bond donors (Lipinski definition) is 0. The molecule has 0 unspecified atom stereocenters. The second kappa shape index (κ2) is 8.24. The first-order valence-electron chi connectivity index (χ1n) is 8.89. The van der Waals surface area contributed by atoms with Crippen LogP contribution >= 0.6 is 34.3 Å². The maximum Gasteiger partial charge on any atom is 0.266 e. The molecule has 0 aliphatic carbocycles. The molecule has 6 nitrogen and oxygen atoms in total. The molecule has 0 radical (unpaired) electrons. The first-order chi connectivity index (χ1) is 14.3. The van der Waals surface area contributed by atoms with Crippen LogP contribution in [0.25, 0.3) is 10.2 Å². The highest BCUT2D eigenvalue weighted by molar-refractivity contribution is 7.91. The molecule has 1 aliphatic heterocycles. The van der Waals surface area contributed by atoms with Gasteiger partial charge in [-0.05, 0) is 43.2 Å². The number of terminal acetylenes is 1. The SMILES string of the molecule is C#CCn1c(=NC(=O)[C@@H]2CCCN2S(=O)(=O)c2ccc(Cl)s2)sc2cc(F)ccc21. The van der Waals surface area contributed by atoms with Crippen LogP contribution in [0.1, 0.15) is 12.8 Å². The van der Waals surface area contributed by atoms with Crippen LogP contribution in [0.4, 0.5) is 4.39 Å². The lowest BCUT2D eigenvalue weighted by atomic mass is 10.2. The smallest absolute Gasteiger partial charge is 0.266 e. The van der Waals surface area contributed by atoms with Gasteiger partial charge in [0.15, 0.2) is 4.80 Å². The third kappa shape index (κ3) is 3.84. The molecular weight excluding hydrogens is 469 g/mol. The number of hydrogen-bond acceptors (Lipinski definition) is 5. The van der Waals surface area contributed by atoms with Gasteiger partial charge in [-0.25, -0.2) is 12.8 Å². The Bertz CT molecular complexity index is 1350. The molecule has 0 spiro atoms. The number of aromatic nitrogens is 1. The fourth-order valence-electron chi connectivity index (χ4n) is 3.37. The van der Waals surface area contributed by atoms with Gasteiger partial charge in [0, 0.05) is 6.54 Å². The predicted molar refractivity (Wildman–Crippen MR) is 115 cm³/mol. The molecule has 1 aliphatic rings. The summed E-state index contributed by atoms with van der Waals surface area (Å²) < 4.78 is 43.4. The first-order valence-corrected chi connectivity index (χ1v) is 12.3. The van der Waals surface area contributed by atoms with Crippen LogP contribution in [0.3, 0.4) is 0 Å². The Morgan fingerprint density at radius 3 is 2.83 bits per heavy atom. The predicted octanol–water partition coefficient (Wildman–Crippen LogP) is 3.47. The number of fused-ring (bicyclic) bond motifs is 1. The van der Waals surface area contributed by atoms with E-state index < -0.39 is 27.8 Å². The number of amides is 1. The molecule has 30 heavy (non-hydrogen) atoms. The molecule has 1 amide bonds. The Balaban J connectivity index is 1.73. The van der Waals surface area contributed by atoms with E-state index in [-0.39, 0.29) is 17.3 Å². The second-order valence-corrected chi connectivity index (χ2v) is 11.4. The van der Waals surface area contributed by atoms with Crippen LogP contribution in [0.2, 0.25) is 4.34 Å². The van der Waals surface area contributed by atoms with E-state index in [9.17, 15) is 17.6 Å². The number of thiazole rings is 1. The van der Waals surface area contributed by atoms with Crippen molar-refractivity contribution in [1.29, 1.82) is 0 Å². The number of rotatable bonds is 4. The van der Waals surface area contributed by atoms with E-state index in [0.717, 1.165) is 22.7 Å². The van der Waals surface area contributed by atoms with Gasteiger partial charge >= 0.3 is 0 Å². The van der Waals surface area contributed by atoms with Gasteiger partial charge in [0.05, 0.1) is 21.1 Å². The van der Waals surface area contributed by atoms with Crippen molar-refractivity contribution >= 4 is 60.4 Å². The highest BCUT2D eigenvalue weighted by Gasteiger charge is 2.40. The maximum atomic E-state index is 13.6. The van der Waals surface area contributed by atoms with Crippen LogP contribution in [0.15, 0.2) is 39.5 Å². The van der Waals surface area contributed by atoms with Crippen LogP contribution in [0.5, 0.6) is 0 Å². The average Bonchev–Trinajstić information content (AvgIpc) is 3.41. The minimum absolute atomic E-state index is 0.0898.